The zero-order valence-electron chi connectivity index (χ0n) is 15.0. The molecular weight excluding hydrogens is 354 g/mol. The van der Waals surface area contributed by atoms with Gasteiger partial charge in [0.25, 0.3) is 5.56 Å². The number of aromatic nitrogens is 2. The molecule has 1 saturated heterocycles. The molecule has 1 aliphatic rings. The summed E-state index contributed by atoms with van der Waals surface area (Å²) in [5, 5.41) is 0.460. The second-order valence-corrected chi connectivity index (χ2v) is 9.04. The Morgan fingerprint density at radius 1 is 1.38 bits per heavy atom. The minimum Gasteiger partial charge on any atom is -0.334 e. The second kappa shape index (κ2) is 7.19. The summed E-state index contributed by atoms with van der Waals surface area (Å²) in [4.78, 5) is 31.4. The van der Waals surface area contributed by atoms with Crippen molar-refractivity contribution in [3.8, 4) is 0 Å². The van der Waals surface area contributed by atoms with E-state index in [1.54, 1.807) is 29.2 Å². The highest BCUT2D eigenvalue weighted by atomic mass is 32.2. The first-order valence-corrected chi connectivity index (χ1v) is 10.6. The zero-order chi connectivity index (χ0) is 18.9. The Balaban J connectivity index is 1.89. The number of hydrogen-bond donors (Lipinski definition) is 0. The highest BCUT2D eigenvalue weighted by molar-refractivity contribution is 7.91. The van der Waals surface area contributed by atoms with E-state index in [9.17, 15) is 18.0 Å². The number of para-hydroxylation sites is 1. The van der Waals surface area contributed by atoms with Crippen LogP contribution < -0.4 is 5.56 Å². The smallest absolute Gasteiger partial charge is 0.261 e. The van der Waals surface area contributed by atoms with Crippen molar-refractivity contribution in [2.75, 3.05) is 11.5 Å². The molecule has 0 aliphatic carbocycles. The third-order valence-electron chi connectivity index (χ3n) is 4.99. The van der Waals surface area contributed by atoms with Crippen molar-refractivity contribution < 1.29 is 13.2 Å². The maximum absolute atomic E-state index is 12.9. The molecule has 7 nitrogen and oxygen atoms in total. The topological polar surface area (TPSA) is 89.3 Å². The van der Waals surface area contributed by atoms with Crippen LogP contribution in [0.5, 0.6) is 0 Å². The van der Waals surface area contributed by atoms with Gasteiger partial charge in [-0.1, -0.05) is 19.1 Å². The van der Waals surface area contributed by atoms with Gasteiger partial charge in [0.1, 0.15) is 6.54 Å². The number of rotatable bonds is 5. The van der Waals surface area contributed by atoms with Gasteiger partial charge >= 0.3 is 0 Å². The van der Waals surface area contributed by atoms with Gasteiger partial charge in [-0.3, -0.25) is 14.2 Å². The molecule has 2 heterocycles. The third kappa shape index (κ3) is 3.65. The lowest BCUT2D eigenvalue weighted by atomic mass is 10.1. The average molecular weight is 377 g/mol. The third-order valence-corrected chi connectivity index (χ3v) is 6.74. The summed E-state index contributed by atoms with van der Waals surface area (Å²) in [5.74, 6) is -0.149. The van der Waals surface area contributed by atoms with Crippen molar-refractivity contribution in [1.82, 2.24) is 14.5 Å². The fourth-order valence-corrected chi connectivity index (χ4v) is 5.16. The minimum absolute atomic E-state index is 0.00600. The average Bonchev–Trinajstić information content (AvgIpc) is 2.97. The second-order valence-electron chi connectivity index (χ2n) is 6.81. The fourth-order valence-electron chi connectivity index (χ4n) is 3.45. The fraction of sp³-hybridized carbons (Fsp3) is 0.500. The van der Waals surface area contributed by atoms with Crippen molar-refractivity contribution >= 4 is 26.6 Å². The first kappa shape index (κ1) is 18.6. The van der Waals surface area contributed by atoms with Crippen LogP contribution in [0, 0.1) is 0 Å². The van der Waals surface area contributed by atoms with E-state index in [2.05, 4.69) is 4.98 Å². The normalized spacial score (nSPS) is 20.2. The molecule has 1 aromatic heterocycles. The molecular formula is C18H23N3O4S. The number of carbonyl (C=O) groups is 1. The molecule has 0 bridgehead atoms. The highest BCUT2D eigenvalue weighted by Crippen LogP contribution is 2.21. The van der Waals surface area contributed by atoms with Gasteiger partial charge in [-0.25, -0.2) is 13.4 Å². The van der Waals surface area contributed by atoms with Crippen molar-refractivity contribution in [3.05, 3.63) is 40.9 Å². The van der Waals surface area contributed by atoms with Crippen molar-refractivity contribution in [3.63, 3.8) is 0 Å². The van der Waals surface area contributed by atoms with Crippen LogP contribution in [0.1, 0.15) is 26.7 Å². The molecule has 0 unspecified atom stereocenters. The van der Waals surface area contributed by atoms with E-state index in [0.717, 1.165) is 0 Å². The molecule has 1 fully saturated rings. The van der Waals surface area contributed by atoms with Crippen molar-refractivity contribution in [2.45, 2.75) is 45.3 Å². The standard InChI is InChI=1S/C18H23N3O4S/c1-3-13(2)21(14-8-9-26(24,25)11-14)17(22)10-20-12-19-16-7-5-4-6-15(16)18(20)23/h4-7,12-14H,3,8-11H2,1-2H3/t13-,14-/m0/s1. The number of nitrogens with zero attached hydrogens (tertiary/aromatic N) is 3. The molecule has 140 valence electrons. The highest BCUT2D eigenvalue weighted by Gasteiger charge is 2.36. The van der Waals surface area contributed by atoms with Gasteiger partial charge in [0.05, 0.1) is 28.7 Å². The Bertz CT molecular complexity index is 983. The monoisotopic (exact) mass is 377 g/mol. The Morgan fingerprint density at radius 3 is 2.77 bits per heavy atom. The van der Waals surface area contributed by atoms with Crippen LogP contribution in [0.15, 0.2) is 35.4 Å². The van der Waals surface area contributed by atoms with Crippen LogP contribution in [-0.2, 0) is 21.2 Å². The predicted octanol–water partition coefficient (Wildman–Crippen LogP) is 1.21. The van der Waals surface area contributed by atoms with Crippen LogP contribution in [-0.4, -0.2) is 52.4 Å². The largest absolute Gasteiger partial charge is 0.334 e. The van der Waals surface area contributed by atoms with Gasteiger partial charge in [0.2, 0.25) is 5.91 Å². The molecule has 0 saturated carbocycles. The van der Waals surface area contributed by atoms with Crippen LogP contribution in [0.4, 0.5) is 0 Å². The number of hydrogen-bond acceptors (Lipinski definition) is 5. The Kier molecular flexibility index (Phi) is 5.13. The van der Waals surface area contributed by atoms with Crippen LogP contribution >= 0.6 is 0 Å². The molecule has 2 aromatic rings. The van der Waals surface area contributed by atoms with Crippen LogP contribution in [0.3, 0.4) is 0 Å². The first-order chi connectivity index (χ1) is 12.3. The molecule has 8 heteroatoms. The van der Waals surface area contributed by atoms with Gasteiger partial charge in [-0.2, -0.15) is 0 Å². The van der Waals surface area contributed by atoms with Gasteiger partial charge in [-0.05, 0) is 31.9 Å². The maximum Gasteiger partial charge on any atom is 0.261 e. The number of amides is 1. The maximum atomic E-state index is 12.9. The van der Waals surface area contributed by atoms with Gasteiger partial charge in [-0.15, -0.1) is 0 Å². The molecule has 3 rings (SSSR count). The van der Waals surface area contributed by atoms with E-state index >= 15 is 0 Å². The van der Waals surface area contributed by atoms with E-state index in [-0.39, 0.29) is 41.6 Å². The number of fused-ring (bicyclic) bond motifs is 1. The molecule has 1 aliphatic heterocycles. The summed E-state index contributed by atoms with van der Waals surface area (Å²) in [6.45, 7) is 3.72. The SMILES string of the molecule is CC[C@H](C)N(C(=O)Cn1cnc2ccccc2c1=O)[C@H]1CCS(=O)(=O)C1. The van der Waals surface area contributed by atoms with Crippen LogP contribution in [0.25, 0.3) is 10.9 Å². The molecule has 0 N–H and O–H groups in total. The lowest BCUT2D eigenvalue weighted by molar-refractivity contribution is -0.136. The zero-order valence-corrected chi connectivity index (χ0v) is 15.8. The Morgan fingerprint density at radius 2 is 2.12 bits per heavy atom. The number of carbonyl (C=O) groups excluding carboxylic acids is 1. The van der Waals surface area contributed by atoms with E-state index in [0.29, 0.717) is 23.7 Å². The summed E-state index contributed by atoms with van der Waals surface area (Å²) in [6.07, 6.45) is 2.54. The molecule has 0 spiro atoms. The Hall–Kier alpha value is -2.22. The molecule has 1 amide bonds. The van der Waals surface area contributed by atoms with Crippen LogP contribution in [0.2, 0.25) is 0 Å². The summed E-state index contributed by atoms with van der Waals surface area (Å²) in [7, 11) is -3.10. The first-order valence-electron chi connectivity index (χ1n) is 8.78. The van der Waals surface area contributed by atoms with Crippen molar-refractivity contribution in [1.29, 1.82) is 0 Å². The minimum atomic E-state index is -3.10. The lowest BCUT2D eigenvalue weighted by Gasteiger charge is -2.33. The predicted molar refractivity (Wildman–Crippen MR) is 99.7 cm³/mol. The lowest BCUT2D eigenvalue weighted by Crippen LogP contribution is -2.48. The summed E-state index contributed by atoms with van der Waals surface area (Å²) < 4.78 is 25.0. The summed E-state index contributed by atoms with van der Waals surface area (Å²) in [6, 6.07) is 6.57. The quantitative estimate of drug-likeness (QED) is 0.781. The number of sulfone groups is 1. The number of benzene rings is 1. The van der Waals surface area contributed by atoms with Gasteiger partial charge < -0.3 is 4.90 Å². The summed E-state index contributed by atoms with van der Waals surface area (Å²) in [5.41, 5.74) is 0.314. The molecule has 2 atom stereocenters. The van der Waals surface area contributed by atoms with E-state index in [4.69, 9.17) is 0 Å². The summed E-state index contributed by atoms with van der Waals surface area (Å²) >= 11 is 0. The molecule has 26 heavy (non-hydrogen) atoms. The van der Waals surface area contributed by atoms with E-state index in [1.165, 1.54) is 10.9 Å². The van der Waals surface area contributed by atoms with Gasteiger partial charge in [0.15, 0.2) is 9.84 Å². The molecule has 0 radical (unpaired) electrons. The van der Waals surface area contributed by atoms with E-state index in [1.807, 2.05) is 13.8 Å². The van der Waals surface area contributed by atoms with Crippen molar-refractivity contribution in [2.24, 2.45) is 0 Å². The molecule has 1 aromatic carbocycles. The van der Waals surface area contributed by atoms with Gasteiger partial charge in [0, 0.05) is 12.1 Å². The van der Waals surface area contributed by atoms with E-state index < -0.39 is 9.84 Å². The Labute approximate surface area is 152 Å².